The molecule has 154 valence electrons. The summed E-state index contributed by atoms with van der Waals surface area (Å²) in [4.78, 5) is 40.0. The number of rotatable bonds is 4. The lowest BCUT2D eigenvalue weighted by Crippen LogP contribution is -2.42. The van der Waals surface area contributed by atoms with Crippen molar-refractivity contribution in [3.8, 4) is 0 Å². The first-order chi connectivity index (χ1) is 13.5. The Bertz CT molecular complexity index is 962. The number of amides is 2. The number of allylic oxidation sites excluding steroid dienone is 1. The van der Waals surface area contributed by atoms with Gasteiger partial charge in [-0.05, 0) is 81.3 Å². The van der Waals surface area contributed by atoms with Crippen molar-refractivity contribution in [1.82, 2.24) is 4.90 Å². The summed E-state index contributed by atoms with van der Waals surface area (Å²) in [6.07, 6.45) is 3.96. The lowest BCUT2D eigenvalue weighted by Gasteiger charge is -2.41. The van der Waals surface area contributed by atoms with Gasteiger partial charge < -0.3 is 9.64 Å². The number of benzene rings is 1. The number of carbonyl (C=O) groups is 3. The van der Waals surface area contributed by atoms with E-state index in [0.29, 0.717) is 4.91 Å². The molecule has 0 atom stereocenters. The first kappa shape index (κ1) is 21.2. The van der Waals surface area contributed by atoms with Crippen LogP contribution in [-0.2, 0) is 14.3 Å². The van der Waals surface area contributed by atoms with E-state index in [2.05, 4.69) is 50.9 Å². The van der Waals surface area contributed by atoms with Gasteiger partial charge in [-0.3, -0.25) is 19.3 Å². The highest BCUT2D eigenvalue weighted by Crippen LogP contribution is 2.40. The summed E-state index contributed by atoms with van der Waals surface area (Å²) < 4.78 is 4.85. The minimum Gasteiger partial charge on any atom is -0.465 e. The van der Waals surface area contributed by atoms with E-state index in [1.165, 1.54) is 5.57 Å². The van der Waals surface area contributed by atoms with E-state index in [1.54, 1.807) is 13.0 Å². The molecule has 0 N–H and O–H groups in total. The topological polar surface area (TPSA) is 66.9 Å². The molecule has 0 radical (unpaired) electrons. The predicted octanol–water partition coefficient (Wildman–Crippen LogP) is 4.23. The Labute approximate surface area is 175 Å². The summed E-state index contributed by atoms with van der Waals surface area (Å²) in [5.74, 6) is -1.05. The minimum absolute atomic E-state index is 0.0825. The van der Waals surface area contributed by atoms with Crippen LogP contribution in [0.4, 0.5) is 10.5 Å². The van der Waals surface area contributed by atoms with E-state index < -0.39 is 17.1 Å². The van der Waals surface area contributed by atoms with E-state index in [9.17, 15) is 14.4 Å². The normalized spacial score (nSPS) is 19.5. The zero-order valence-corrected chi connectivity index (χ0v) is 18.5. The summed E-state index contributed by atoms with van der Waals surface area (Å²) in [6.45, 7) is 9.94. The maximum atomic E-state index is 12.7. The van der Waals surface area contributed by atoms with Gasteiger partial charge in [0.25, 0.3) is 11.1 Å². The van der Waals surface area contributed by atoms with Crippen molar-refractivity contribution in [2.75, 3.05) is 25.1 Å². The van der Waals surface area contributed by atoms with Gasteiger partial charge in [-0.1, -0.05) is 6.08 Å². The van der Waals surface area contributed by atoms with Gasteiger partial charge in [-0.25, -0.2) is 0 Å². The van der Waals surface area contributed by atoms with Crippen LogP contribution in [0.1, 0.15) is 44.4 Å². The van der Waals surface area contributed by atoms with Crippen LogP contribution in [-0.4, -0.2) is 47.8 Å². The van der Waals surface area contributed by atoms with Gasteiger partial charge in [0.15, 0.2) is 0 Å². The lowest BCUT2D eigenvalue weighted by molar-refractivity contribution is -0.145. The summed E-state index contributed by atoms with van der Waals surface area (Å²) in [7, 11) is 2.07. The van der Waals surface area contributed by atoms with Gasteiger partial charge in [0, 0.05) is 18.3 Å². The molecule has 1 fully saturated rings. The van der Waals surface area contributed by atoms with E-state index >= 15 is 0 Å². The standard InChI is InChI=1S/C22H26N2O4S/c1-7-28-19(25)12-24-20(26)18(29-21(24)27)10-15-9-16-14(3)11-22(4,5)23(6)17(16)8-13(15)2/h8-11H,7,12H2,1-6H3/b18-10-. The van der Waals surface area contributed by atoms with Crippen LogP contribution < -0.4 is 4.90 Å². The quantitative estimate of drug-likeness (QED) is 0.543. The zero-order valence-electron chi connectivity index (χ0n) is 17.7. The fourth-order valence-electron chi connectivity index (χ4n) is 3.59. The smallest absolute Gasteiger partial charge is 0.326 e. The van der Waals surface area contributed by atoms with Crippen LogP contribution in [0.5, 0.6) is 0 Å². The largest absolute Gasteiger partial charge is 0.465 e. The number of aryl methyl sites for hydroxylation is 1. The molecular formula is C22H26N2O4S. The Morgan fingerprint density at radius 2 is 1.93 bits per heavy atom. The Kier molecular flexibility index (Phi) is 5.63. The van der Waals surface area contributed by atoms with Gasteiger partial charge in [0.2, 0.25) is 0 Å². The second kappa shape index (κ2) is 7.71. The summed E-state index contributed by atoms with van der Waals surface area (Å²) in [6, 6.07) is 4.17. The number of ether oxygens (including phenoxy) is 1. The zero-order chi connectivity index (χ0) is 21.5. The first-order valence-electron chi connectivity index (χ1n) is 9.54. The van der Waals surface area contributed by atoms with Crippen LogP contribution >= 0.6 is 11.8 Å². The van der Waals surface area contributed by atoms with Crippen molar-refractivity contribution in [2.24, 2.45) is 0 Å². The number of hydrogen-bond donors (Lipinski definition) is 0. The van der Waals surface area contributed by atoms with Crippen LogP contribution in [0.2, 0.25) is 0 Å². The second-order valence-electron chi connectivity index (χ2n) is 7.84. The van der Waals surface area contributed by atoms with Gasteiger partial charge in [0.05, 0.1) is 17.1 Å². The van der Waals surface area contributed by atoms with E-state index in [4.69, 9.17) is 4.74 Å². The molecule has 0 bridgehead atoms. The van der Waals surface area contributed by atoms with E-state index in [0.717, 1.165) is 39.0 Å². The first-order valence-corrected chi connectivity index (χ1v) is 10.4. The Hall–Kier alpha value is -2.54. The molecule has 0 spiro atoms. The lowest BCUT2D eigenvalue weighted by atomic mass is 9.87. The number of likely N-dealkylation sites (N-methyl/N-ethyl adjacent to an activating group) is 1. The third-order valence-corrected chi connectivity index (χ3v) is 6.26. The summed E-state index contributed by atoms with van der Waals surface area (Å²) in [5.41, 5.74) is 5.23. The van der Waals surface area contributed by atoms with Gasteiger partial charge >= 0.3 is 5.97 Å². The number of thioether (sulfide) groups is 1. The summed E-state index contributed by atoms with van der Waals surface area (Å²) >= 11 is 0.850. The average Bonchev–Trinajstić information content (AvgIpc) is 2.88. The molecule has 2 aliphatic heterocycles. The third-order valence-electron chi connectivity index (χ3n) is 5.36. The number of carbonyl (C=O) groups excluding carboxylic acids is 3. The van der Waals surface area contributed by atoms with Crippen LogP contribution in [0.25, 0.3) is 11.6 Å². The number of hydrogen-bond acceptors (Lipinski definition) is 6. The molecule has 2 aliphatic rings. The second-order valence-corrected chi connectivity index (χ2v) is 8.83. The van der Waals surface area contributed by atoms with Gasteiger partial charge in [-0.2, -0.15) is 0 Å². The van der Waals surface area contributed by atoms with Crippen LogP contribution in [0, 0.1) is 6.92 Å². The molecule has 1 saturated heterocycles. The molecule has 0 aromatic heterocycles. The predicted molar refractivity (Wildman–Crippen MR) is 117 cm³/mol. The maximum absolute atomic E-state index is 12.7. The number of anilines is 1. The molecule has 0 aliphatic carbocycles. The van der Waals surface area contributed by atoms with Crippen molar-refractivity contribution < 1.29 is 19.1 Å². The molecule has 7 heteroatoms. The number of fused-ring (bicyclic) bond motifs is 1. The molecule has 2 heterocycles. The average molecular weight is 415 g/mol. The van der Waals surface area contributed by atoms with Crippen molar-refractivity contribution in [3.63, 3.8) is 0 Å². The van der Waals surface area contributed by atoms with Crippen molar-refractivity contribution in [1.29, 1.82) is 0 Å². The maximum Gasteiger partial charge on any atom is 0.326 e. The van der Waals surface area contributed by atoms with E-state index in [-0.39, 0.29) is 18.7 Å². The van der Waals surface area contributed by atoms with Crippen LogP contribution in [0.3, 0.4) is 0 Å². The van der Waals surface area contributed by atoms with Crippen molar-refractivity contribution >= 4 is 46.2 Å². The van der Waals surface area contributed by atoms with Crippen LogP contribution in [0.15, 0.2) is 23.1 Å². The molecular weight excluding hydrogens is 388 g/mol. The Morgan fingerprint density at radius 1 is 1.24 bits per heavy atom. The fraction of sp³-hybridized carbons (Fsp3) is 0.409. The molecule has 0 unspecified atom stereocenters. The molecule has 2 amide bonds. The fourth-order valence-corrected chi connectivity index (χ4v) is 4.42. The SMILES string of the molecule is CCOC(=O)CN1C(=O)S/C(=C\c2cc3c(cc2C)N(C)C(C)(C)C=C3C)C1=O. The van der Waals surface area contributed by atoms with E-state index in [1.807, 2.05) is 6.92 Å². The number of nitrogens with zero attached hydrogens (tertiary/aromatic N) is 2. The molecule has 6 nitrogen and oxygen atoms in total. The van der Waals surface area contributed by atoms with Crippen molar-refractivity contribution in [2.45, 2.75) is 40.2 Å². The minimum atomic E-state index is -0.590. The highest BCUT2D eigenvalue weighted by atomic mass is 32.2. The molecule has 1 aromatic carbocycles. The summed E-state index contributed by atoms with van der Waals surface area (Å²) in [5, 5.41) is -0.456. The molecule has 1 aromatic rings. The Balaban J connectivity index is 1.94. The monoisotopic (exact) mass is 414 g/mol. The molecule has 3 rings (SSSR count). The molecule has 0 saturated carbocycles. The highest BCUT2D eigenvalue weighted by Gasteiger charge is 2.37. The molecule has 29 heavy (non-hydrogen) atoms. The highest BCUT2D eigenvalue weighted by molar-refractivity contribution is 8.18. The van der Waals surface area contributed by atoms with Crippen molar-refractivity contribution in [3.05, 3.63) is 39.8 Å². The van der Waals surface area contributed by atoms with Gasteiger partial charge in [0.1, 0.15) is 6.54 Å². The van der Waals surface area contributed by atoms with Gasteiger partial charge in [-0.15, -0.1) is 0 Å². The number of esters is 1. The Morgan fingerprint density at radius 3 is 2.59 bits per heavy atom. The number of imide groups is 1. The third kappa shape index (κ3) is 3.96.